The van der Waals surface area contributed by atoms with E-state index in [1.54, 1.807) is 23.6 Å². The van der Waals surface area contributed by atoms with Crippen LogP contribution >= 0.6 is 0 Å². The molecule has 0 unspecified atom stereocenters. The number of esters is 1. The van der Waals surface area contributed by atoms with E-state index in [2.05, 4.69) is 9.84 Å². The van der Waals surface area contributed by atoms with Crippen LogP contribution in [0.1, 0.15) is 31.9 Å². The summed E-state index contributed by atoms with van der Waals surface area (Å²) in [6.07, 6.45) is 1.69. The minimum absolute atomic E-state index is 0.0315. The smallest absolute Gasteiger partial charge is 0.333 e. The molecule has 0 aliphatic rings. The molecule has 0 aliphatic carbocycles. The second-order valence-electron chi connectivity index (χ2n) is 4.84. The standard InChI is InChI=1S/C13H22N4O4/c1-5-8-16-13(12(17(19)20)10(2)14-16)15(3)9-6-7-11(18)21-4/h5-9H2,1-4H3. The van der Waals surface area contributed by atoms with E-state index < -0.39 is 4.92 Å². The Balaban J connectivity index is 2.92. The molecule has 0 fully saturated rings. The predicted molar refractivity (Wildman–Crippen MR) is 78.4 cm³/mol. The first-order valence-corrected chi connectivity index (χ1v) is 6.92. The Morgan fingerprint density at radius 1 is 1.52 bits per heavy atom. The molecule has 0 atom stereocenters. The van der Waals surface area contributed by atoms with Crippen LogP contribution in [-0.4, -0.2) is 41.4 Å². The molecule has 21 heavy (non-hydrogen) atoms. The lowest BCUT2D eigenvalue weighted by atomic mass is 10.3. The zero-order chi connectivity index (χ0) is 16.0. The Bertz CT molecular complexity index is 513. The number of aromatic nitrogens is 2. The molecule has 0 radical (unpaired) electrons. The zero-order valence-corrected chi connectivity index (χ0v) is 13.0. The highest BCUT2D eigenvalue weighted by molar-refractivity contribution is 5.69. The van der Waals surface area contributed by atoms with E-state index in [1.807, 2.05) is 6.92 Å². The highest BCUT2D eigenvalue weighted by Crippen LogP contribution is 2.31. The summed E-state index contributed by atoms with van der Waals surface area (Å²) in [5.74, 6) is 0.209. The first kappa shape index (κ1) is 16.9. The number of hydrogen-bond acceptors (Lipinski definition) is 6. The number of carbonyl (C=O) groups is 1. The fraction of sp³-hybridized carbons (Fsp3) is 0.692. The third-order valence-corrected chi connectivity index (χ3v) is 3.15. The van der Waals surface area contributed by atoms with Crippen LogP contribution in [0.2, 0.25) is 0 Å². The highest BCUT2D eigenvalue weighted by atomic mass is 16.6. The molecule has 0 N–H and O–H groups in total. The van der Waals surface area contributed by atoms with Crippen molar-refractivity contribution in [2.45, 2.75) is 39.7 Å². The van der Waals surface area contributed by atoms with Crippen molar-refractivity contribution in [3.8, 4) is 0 Å². The van der Waals surface area contributed by atoms with Gasteiger partial charge in [0.05, 0.1) is 12.0 Å². The number of nitrogens with zero attached hydrogens (tertiary/aromatic N) is 4. The Morgan fingerprint density at radius 2 is 2.19 bits per heavy atom. The van der Waals surface area contributed by atoms with Gasteiger partial charge in [-0.1, -0.05) is 6.92 Å². The lowest BCUT2D eigenvalue weighted by Crippen LogP contribution is -2.23. The minimum atomic E-state index is -0.402. The van der Waals surface area contributed by atoms with E-state index in [0.717, 1.165) is 6.42 Å². The third kappa shape index (κ3) is 4.17. The van der Waals surface area contributed by atoms with Crippen molar-refractivity contribution in [3.05, 3.63) is 15.8 Å². The molecular formula is C13H22N4O4. The van der Waals surface area contributed by atoms with Crippen LogP contribution in [0.25, 0.3) is 0 Å². The maximum atomic E-state index is 11.2. The molecule has 0 amide bonds. The topological polar surface area (TPSA) is 90.5 Å². The summed E-state index contributed by atoms with van der Waals surface area (Å²) in [4.78, 5) is 23.7. The third-order valence-electron chi connectivity index (χ3n) is 3.15. The van der Waals surface area contributed by atoms with Crippen molar-refractivity contribution in [3.63, 3.8) is 0 Å². The zero-order valence-electron chi connectivity index (χ0n) is 13.0. The van der Waals surface area contributed by atoms with Crippen molar-refractivity contribution >= 4 is 17.5 Å². The number of hydrogen-bond donors (Lipinski definition) is 0. The first-order chi connectivity index (χ1) is 9.92. The van der Waals surface area contributed by atoms with E-state index in [9.17, 15) is 14.9 Å². The van der Waals surface area contributed by atoms with E-state index in [1.165, 1.54) is 7.11 Å². The van der Waals surface area contributed by atoms with Gasteiger partial charge in [-0.3, -0.25) is 14.9 Å². The van der Waals surface area contributed by atoms with E-state index in [4.69, 9.17) is 0 Å². The monoisotopic (exact) mass is 298 g/mol. The van der Waals surface area contributed by atoms with Crippen LogP contribution in [0.4, 0.5) is 11.5 Å². The Kier molecular flexibility index (Phi) is 6.13. The van der Waals surface area contributed by atoms with Gasteiger partial charge in [-0.2, -0.15) is 5.10 Å². The van der Waals surface area contributed by atoms with Gasteiger partial charge in [-0.15, -0.1) is 0 Å². The summed E-state index contributed by atoms with van der Waals surface area (Å²) in [5.41, 5.74) is 0.437. The highest BCUT2D eigenvalue weighted by Gasteiger charge is 2.27. The molecule has 1 aromatic heterocycles. The minimum Gasteiger partial charge on any atom is -0.469 e. The molecular weight excluding hydrogens is 276 g/mol. The molecule has 0 aromatic carbocycles. The van der Waals surface area contributed by atoms with Gasteiger partial charge in [0, 0.05) is 26.6 Å². The van der Waals surface area contributed by atoms with Gasteiger partial charge >= 0.3 is 11.7 Å². The Labute approximate surface area is 123 Å². The summed E-state index contributed by atoms with van der Waals surface area (Å²) < 4.78 is 6.24. The van der Waals surface area contributed by atoms with Crippen LogP contribution in [0.5, 0.6) is 0 Å². The maximum Gasteiger partial charge on any atom is 0.333 e. The van der Waals surface area contributed by atoms with E-state index in [0.29, 0.717) is 31.0 Å². The van der Waals surface area contributed by atoms with Crippen LogP contribution < -0.4 is 4.90 Å². The Morgan fingerprint density at radius 3 is 2.71 bits per heavy atom. The van der Waals surface area contributed by atoms with Gasteiger partial charge in [-0.05, 0) is 19.8 Å². The van der Waals surface area contributed by atoms with Gasteiger partial charge in [-0.25, -0.2) is 4.68 Å². The van der Waals surface area contributed by atoms with Gasteiger partial charge in [0.2, 0.25) is 5.82 Å². The fourth-order valence-corrected chi connectivity index (χ4v) is 2.19. The number of methoxy groups -OCH3 is 1. The lowest BCUT2D eigenvalue weighted by Gasteiger charge is -2.19. The fourth-order valence-electron chi connectivity index (χ4n) is 2.19. The van der Waals surface area contributed by atoms with Crippen molar-refractivity contribution in [1.82, 2.24) is 9.78 Å². The van der Waals surface area contributed by atoms with Crippen LogP contribution in [0.3, 0.4) is 0 Å². The molecule has 1 aromatic rings. The SMILES string of the molecule is CCCn1nc(C)c([N+](=O)[O-])c1N(C)CCCC(=O)OC. The van der Waals surface area contributed by atoms with Gasteiger partial charge in [0.15, 0.2) is 0 Å². The summed E-state index contributed by atoms with van der Waals surface area (Å²) in [6.45, 7) is 4.76. The van der Waals surface area contributed by atoms with Crippen LogP contribution in [0.15, 0.2) is 0 Å². The average Bonchev–Trinajstić information content (AvgIpc) is 2.75. The largest absolute Gasteiger partial charge is 0.469 e. The summed E-state index contributed by atoms with van der Waals surface area (Å²) >= 11 is 0. The normalized spacial score (nSPS) is 10.5. The number of rotatable bonds is 8. The first-order valence-electron chi connectivity index (χ1n) is 6.92. The van der Waals surface area contributed by atoms with Crippen LogP contribution in [0, 0.1) is 17.0 Å². The van der Waals surface area contributed by atoms with Crippen molar-refractivity contribution in [2.75, 3.05) is 25.6 Å². The second-order valence-corrected chi connectivity index (χ2v) is 4.84. The van der Waals surface area contributed by atoms with Gasteiger partial charge < -0.3 is 9.64 Å². The number of aryl methyl sites for hydroxylation is 2. The lowest BCUT2D eigenvalue weighted by molar-refractivity contribution is -0.384. The quantitative estimate of drug-likeness (QED) is 0.413. The average molecular weight is 298 g/mol. The van der Waals surface area contributed by atoms with Crippen LogP contribution in [-0.2, 0) is 16.1 Å². The molecule has 0 spiro atoms. The second kappa shape index (κ2) is 7.61. The number of ether oxygens (including phenoxy) is 1. The molecule has 1 rings (SSSR count). The van der Waals surface area contributed by atoms with Gasteiger partial charge in [0.25, 0.3) is 0 Å². The maximum absolute atomic E-state index is 11.2. The van der Waals surface area contributed by atoms with E-state index >= 15 is 0 Å². The predicted octanol–water partition coefficient (Wildman–Crippen LogP) is 1.90. The van der Waals surface area contributed by atoms with Crippen molar-refractivity contribution < 1.29 is 14.5 Å². The van der Waals surface area contributed by atoms with Crippen molar-refractivity contribution in [2.24, 2.45) is 0 Å². The number of anilines is 1. The molecule has 0 aliphatic heterocycles. The van der Waals surface area contributed by atoms with Gasteiger partial charge in [0.1, 0.15) is 5.69 Å². The van der Waals surface area contributed by atoms with E-state index in [-0.39, 0.29) is 18.1 Å². The molecule has 8 heteroatoms. The summed E-state index contributed by atoms with van der Waals surface area (Å²) in [7, 11) is 3.11. The molecule has 1 heterocycles. The van der Waals surface area contributed by atoms with Crippen molar-refractivity contribution in [1.29, 1.82) is 0 Å². The molecule has 118 valence electrons. The summed E-state index contributed by atoms with van der Waals surface area (Å²) in [5, 5.41) is 15.5. The Hall–Kier alpha value is -2.12. The molecule has 0 saturated heterocycles. The summed E-state index contributed by atoms with van der Waals surface area (Å²) in [6, 6.07) is 0. The number of carbonyl (C=O) groups excluding carboxylic acids is 1. The number of nitro groups is 1. The molecule has 8 nitrogen and oxygen atoms in total. The molecule has 0 saturated carbocycles. The molecule has 0 bridgehead atoms.